The molecule has 0 spiro atoms. The van der Waals surface area contributed by atoms with Gasteiger partial charge < -0.3 is 10.6 Å². The number of halogens is 2. The number of hydrogen-bond acceptors (Lipinski definition) is 3. The van der Waals surface area contributed by atoms with Crippen molar-refractivity contribution in [3.8, 4) is 0 Å². The van der Waals surface area contributed by atoms with E-state index in [0.717, 1.165) is 48.8 Å². The lowest BCUT2D eigenvalue weighted by Crippen LogP contribution is -2.39. The standard InChI is InChI=1S/C21H28F2N4O/c1-21(2,3)13-6-8-14(9-7-13)25-20(28)15-11-24-27-17(18(22)23)10-16(12-4-5-12)26-19(15)27/h10-11,13-14,18,26H,4-9H2,1-3H3,(H,25,28). The van der Waals surface area contributed by atoms with Gasteiger partial charge >= 0.3 is 0 Å². The molecule has 152 valence electrons. The first-order valence-corrected chi connectivity index (χ1v) is 10.1. The zero-order valence-electron chi connectivity index (χ0n) is 16.7. The maximum absolute atomic E-state index is 13.5. The normalized spacial score (nSPS) is 24.6. The van der Waals surface area contributed by atoms with E-state index in [2.05, 4.69) is 36.5 Å². The molecule has 1 aromatic rings. The first-order chi connectivity index (χ1) is 13.2. The lowest BCUT2D eigenvalue weighted by atomic mass is 9.71. The number of anilines is 1. The highest BCUT2D eigenvalue weighted by atomic mass is 19.3. The van der Waals surface area contributed by atoms with Gasteiger partial charge in [-0.15, -0.1) is 0 Å². The van der Waals surface area contributed by atoms with Gasteiger partial charge in [-0.05, 0) is 61.5 Å². The molecule has 0 radical (unpaired) electrons. The number of fused-ring (bicyclic) bond motifs is 1. The van der Waals surface area contributed by atoms with Crippen LogP contribution in [-0.2, 0) is 0 Å². The quantitative estimate of drug-likeness (QED) is 0.780. The smallest absolute Gasteiger partial charge is 0.280 e. The molecule has 2 fully saturated rings. The van der Waals surface area contributed by atoms with Gasteiger partial charge in [-0.25, -0.2) is 13.5 Å². The second kappa shape index (κ2) is 7.01. The van der Waals surface area contributed by atoms with Crippen molar-refractivity contribution in [1.29, 1.82) is 0 Å². The molecule has 4 rings (SSSR count). The summed E-state index contributed by atoms with van der Waals surface area (Å²) in [5.41, 5.74) is 2.21. The Balaban J connectivity index is 1.49. The Labute approximate surface area is 164 Å². The Kier molecular flexibility index (Phi) is 4.79. The van der Waals surface area contributed by atoms with Crippen LogP contribution >= 0.6 is 0 Å². The maximum atomic E-state index is 13.5. The van der Waals surface area contributed by atoms with Crippen LogP contribution in [0.25, 0.3) is 5.70 Å². The third-order valence-corrected chi connectivity index (χ3v) is 6.20. The van der Waals surface area contributed by atoms with E-state index in [1.807, 2.05) is 0 Å². The monoisotopic (exact) mass is 390 g/mol. The van der Waals surface area contributed by atoms with Crippen molar-refractivity contribution in [3.63, 3.8) is 0 Å². The van der Waals surface area contributed by atoms with E-state index in [-0.39, 0.29) is 23.1 Å². The molecule has 0 unspecified atom stereocenters. The second-order valence-electron chi connectivity index (χ2n) is 9.22. The van der Waals surface area contributed by atoms with Crippen LogP contribution in [0.1, 0.15) is 69.7 Å². The third kappa shape index (κ3) is 3.71. The van der Waals surface area contributed by atoms with Crippen LogP contribution in [0.15, 0.2) is 23.5 Å². The largest absolute Gasteiger partial charge is 0.349 e. The highest BCUT2D eigenvalue weighted by Gasteiger charge is 2.33. The Bertz CT molecular complexity index is 833. The summed E-state index contributed by atoms with van der Waals surface area (Å²) < 4.78 is 28.1. The number of hydrogen-bond donors (Lipinski definition) is 2. The number of nitrogens with one attached hydrogen (secondary N) is 2. The zero-order chi connectivity index (χ0) is 20.1. The molecular formula is C21H28F2N4O. The first-order valence-electron chi connectivity index (χ1n) is 10.1. The van der Waals surface area contributed by atoms with Gasteiger partial charge in [0, 0.05) is 11.7 Å². The molecule has 7 heteroatoms. The van der Waals surface area contributed by atoms with Crippen LogP contribution in [0.5, 0.6) is 0 Å². The Hall–Kier alpha value is -2.18. The highest BCUT2D eigenvalue weighted by Crippen LogP contribution is 2.39. The van der Waals surface area contributed by atoms with Crippen LogP contribution in [0.3, 0.4) is 0 Å². The molecule has 2 heterocycles. The molecule has 2 aliphatic carbocycles. The summed E-state index contributed by atoms with van der Waals surface area (Å²) in [5.74, 6) is 0.759. The van der Waals surface area contributed by atoms with E-state index in [9.17, 15) is 13.6 Å². The van der Waals surface area contributed by atoms with Crippen molar-refractivity contribution >= 4 is 17.4 Å². The molecule has 3 aliphatic rings. The predicted molar refractivity (Wildman–Crippen MR) is 105 cm³/mol. The zero-order valence-corrected chi connectivity index (χ0v) is 16.7. The highest BCUT2D eigenvalue weighted by molar-refractivity contribution is 6.00. The summed E-state index contributed by atoms with van der Waals surface area (Å²) in [5, 5.41) is 10.3. The van der Waals surface area contributed by atoms with Crippen LogP contribution < -0.4 is 10.6 Å². The van der Waals surface area contributed by atoms with Crippen LogP contribution in [-0.4, -0.2) is 28.2 Å². The van der Waals surface area contributed by atoms with Crippen molar-refractivity contribution in [2.24, 2.45) is 11.3 Å². The molecule has 1 aromatic heterocycles. The molecule has 1 aliphatic heterocycles. The van der Waals surface area contributed by atoms with E-state index in [1.54, 1.807) is 0 Å². The number of aromatic nitrogens is 2. The third-order valence-electron chi connectivity index (χ3n) is 6.20. The Morgan fingerprint density at radius 2 is 1.93 bits per heavy atom. The molecule has 0 atom stereocenters. The minimum absolute atomic E-state index is 0.122. The fourth-order valence-corrected chi connectivity index (χ4v) is 4.25. The number of rotatable bonds is 3. The van der Waals surface area contributed by atoms with Gasteiger partial charge in [0.2, 0.25) is 0 Å². The molecule has 0 bridgehead atoms. The molecule has 28 heavy (non-hydrogen) atoms. The summed E-state index contributed by atoms with van der Waals surface area (Å²) in [7, 11) is 0. The summed E-state index contributed by atoms with van der Waals surface area (Å²) in [6.07, 6.45) is 6.06. The molecule has 2 N–H and O–H groups in total. The topological polar surface area (TPSA) is 59.0 Å². The lowest BCUT2D eigenvalue weighted by molar-refractivity contribution is 0.0904. The minimum Gasteiger partial charge on any atom is -0.349 e. The fraction of sp³-hybridized carbons (Fsp3) is 0.619. The maximum Gasteiger partial charge on any atom is 0.280 e. The van der Waals surface area contributed by atoms with Crippen molar-refractivity contribution < 1.29 is 13.6 Å². The molecule has 0 aromatic carbocycles. The van der Waals surface area contributed by atoms with Crippen LogP contribution in [0, 0.1) is 11.3 Å². The van der Waals surface area contributed by atoms with Gasteiger partial charge in [-0.1, -0.05) is 20.8 Å². The summed E-state index contributed by atoms with van der Waals surface area (Å²) in [6, 6.07) is 0.122. The van der Waals surface area contributed by atoms with E-state index in [0.29, 0.717) is 23.0 Å². The second-order valence-corrected chi connectivity index (χ2v) is 9.22. The van der Waals surface area contributed by atoms with E-state index in [1.165, 1.54) is 12.3 Å². The molecule has 5 nitrogen and oxygen atoms in total. The van der Waals surface area contributed by atoms with Gasteiger partial charge in [0.1, 0.15) is 17.1 Å². The predicted octanol–water partition coefficient (Wildman–Crippen LogP) is 4.80. The van der Waals surface area contributed by atoms with Crippen molar-refractivity contribution in [3.05, 3.63) is 29.1 Å². The first kappa shape index (κ1) is 19.2. The SMILES string of the molecule is CC(C)(C)C1CCC(NC(=O)c2cnn3c2NC(=C2CC2)C=C3C(F)F)CC1. The Morgan fingerprint density at radius 1 is 1.25 bits per heavy atom. The van der Waals surface area contributed by atoms with Crippen LogP contribution in [0.4, 0.5) is 14.6 Å². The molecule has 2 saturated carbocycles. The van der Waals surface area contributed by atoms with Gasteiger partial charge in [0.05, 0.1) is 6.20 Å². The minimum atomic E-state index is -2.65. The number of nitrogens with zero attached hydrogens (tertiary/aromatic N) is 2. The van der Waals surface area contributed by atoms with Crippen molar-refractivity contribution in [2.45, 2.75) is 71.8 Å². The van der Waals surface area contributed by atoms with Gasteiger partial charge in [0.25, 0.3) is 12.3 Å². The average Bonchev–Trinajstić information content (AvgIpc) is 3.39. The number of carbonyl (C=O) groups excluding carboxylic acids is 1. The van der Waals surface area contributed by atoms with Gasteiger partial charge in [0.15, 0.2) is 0 Å². The molecule has 1 amide bonds. The van der Waals surface area contributed by atoms with E-state index in [4.69, 9.17) is 0 Å². The average molecular weight is 390 g/mol. The summed E-state index contributed by atoms with van der Waals surface area (Å²) in [4.78, 5) is 12.9. The van der Waals surface area contributed by atoms with E-state index < -0.39 is 6.43 Å². The number of allylic oxidation sites excluding steroid dienone is 3. The van der Waals surface area contributed by atoms with Gasteiger partial charge in [-0.2, -0.15) is 5.10 Å². The lowest BCUT2D eigenvalue weighted by Gasteiger charge is -2.37. The summed E-state index contributed by atoms with van der Waals surface area (Å²) in [6.45, 7) is 6.80. The number of amides is 1. The van der Waals surface area contributed by atoms with Crippen molar-refractivity contribution in [2.75, 3.05) is 5.32 Å². The molecule has 0 saturated heterocycles. The van der Waals surface area contributed by atoms with E-state index >= 15 is 0 Å². The summed E-state index contributed by atoms with van der Waals surface area (Å²) >= 11 is 0. The number of carbonyl (C=O) groups is 1. The fourth-order valence-electron chi connectivity index (χ4n) is 4.25. The Morgan fingerprint density at radius 3 is 2.50 bits per heavy atom. The van der Waals surface area contributed by atoms with Crippen molar-refractivity contribution in [1.82, 2.24) is 15.1 Å². The number of alkyl halides is 2. The molecular weight excluding hydrogens is 362 g/mol. The van der Waals surface area contributed by atoms with Gasteiger partial charge in [-0.3, -0.25) is 4.79 Å². The van der Waals surface area contributed by atoms with Crippen LogP contribution in [0.2, 0.25) is 0 Å².